The van der Waals surface area contributed by atoms with Crippen molar-refractivity contribution in [2.45, 2.75) is 32.3 Å². The Balaban J connectivity index is 2.28. The van der Waals surface area contributed by atoms with Crippen molar-refractivity contribution in [2.75, 3.05) is 6.26 Å². The lowest BCUT2D eigenvalue weighted by Gasteiger charge is -2.17. The Morgan fingerprint density at radius 3 is 2.09 bits per heavy atom. The van der Waals surface area contributed by atoms with Crippen LogP contribution < -0.4 is 0 Å². The van der Waals surface area contributed by atoms with E-state index in [0.29, 0.717) is 17.4 Å². The lowest BCUT2D eigenvalue weighted by atomic mass is 10.1. The zero-order chi connectivity index (χ0) is 24.3. The molecule has 2 aromatic carbocycles. The average molecular weight is 488 g/mol. The lowest BCUT2D eigenvalue weighted by molar-refractivity contribution is -0.385. The molecule has 0 N–H and O–H groups in total. The van der Waals surface area contributed by atoms with Crippen molar-refractivity contribution in [1.82, 2.24) is 0 Å². The van der Waals surface area contributed by atoms with Gasteiger partial charge in [0.25, 0.3) is 31.6 Å². The topological polar surface area (TPSA) is 173 Å². The number of nitrogens with zero attached hydrogens (tertiary/aromatic N) is 2. The van der Waals surface area contributed by atoms with Gasteiger partial charge in [0.05, 0.1) is 22.7 Å². The molecule has 2 aromatic rings. The number of nitro groups is 2. The van der Waals surface area contributed by atoms with Crippen LogP contribution in [0.1, 0.15) is 22.3 Å². The van der Waals surface area contributed by atoms with Gasteiger partial charge in [0, 0.05) is 30.2 Å². The Bertz CT molecular complexity index is 1260. The Labute approximate surface area is 184 Å². The first kappa shape index (κ1) is 25.3. The summed E-state index contributed by atoms with van der Waals surface area (Å²) in [5, 5.41) is 21.8. The van der Waals surface area contributed by atoms with Crippen LogP contribution in [0.4, 0.5) is 11.4 Å². The summed E-state index contributed by atoms with van der Waals surface area (Å²) in [6, 6.07) is 7.58. The fourth-order valence-corrected chi connectivity index (χ4v) is 4.91. The van der Waals surface area contributed by atoms with E-state index in [1.165, 1.54) is 50.2 Å². The monoisotopic (exact) mass is 488 g/mol. The van der Waals surface area contributed by atoms with Crippen LogP contribution in [0.2, 0.25) is 0 Å². The van der Waals surface area contributed by atoms with Crippen LogP contribution in [0.3, 0.4) is 0 Å². The van der Waals surface area contributed by atoms with E-state index in [1.807, 2.05) is 0 Å². The van der Waals surface area contributed by atoms with Gasteiger partial charge in [0.2, 0.25) is 5.44 Å². The van der Waals surface area contributed by atoms with Gasteiger partial charge in [-0.05, 0) is 42.7 Å². The highest BCUT2D eigenvalue weighted by Crippen LogP contribution is 2.24. The van der Waals surface area contributed by atoms with Crippen LogP contribution in [0.15, 0.2) is 36.4 Å². The molecule has 0 fully saturated rings. The molecule has 0 heterocycles. The number of benzene rings is 2. The molecule has 174 valence electrons. The van der Waals surface area contributed by atoms with Crippen LogP contribution in [0.5, 0.6) is 0 Å². The van der Waals surface area contributed by atoms with E-state index in [2.05, 4.69) is 0 Å². The molecule has 32 heavy (non-hydrogen) atoms. The van der Waals surface area contributed by atoms with Crippen LogP contribution in [0, 0.1) is 34.1 Å². The predicted molar refractivity (Wildman–Crippen MR) is 113 cm³/mol. The maximum absolute atomic E-state index is 12.7. The minimum Gasteiger partial charge on any atom is -0.263 e. The average Bonchev–Trinajstić information content (AvgIpc) is 2.65. The minimum atomic E-state index is -4.60. The largest absolute Gasteiger partial charge is 0.296 e. The van der Waals surface area contributed by atoms with Crippen molar-refractivity contribution in [3.63, 3.8) is 0 Å². The number of hydrogen-bond acceptors (Lipinski definition) is 10. The molecule has 0 aliphatic carbocycles. The summed E-state index contributed by atoms with van der Waals surface area (Å²) in [6.07, 6.45) is 0.227. The smallest absolute Gasteiger partial charge is 0.263 e. The Hall–Kier alpha value is -2.94. The van der Waals surface area contributed by atoms with Crippen molar-refractivity contribution in [1.29, 1.82) is 0 Å². The van der Waals surface area contributed by atoms with Gasteiger partial charge < -0.3 is 0 Å². The first-order valence-corrected chi connectivity index (χ1v) is 12.2. The Morgan fingerprint density at radius 2 is 1.59 bits per heavy atom. The molecule has 0 radical (unpaired) electrons. The standard InChI is InChI=1S/C18H20N2O10S2/c1-12-9-16(19(21)22)6-5-15(12)11-29-32(27,28)18(30-31(3,25)26)10-14-4-7-17(20(23)24)13(2)8-14/h4-9,18H,10-11H2,1-3H3. The van der Waals surface area contributed by atoms with Gasteiger partial charge in [0.15, 0.2) is 0 Å². The fourth-order valence-electron chi connectivity index (χ4n) is 2.80. The molecule has 2 rings (SSSR count). The van der Waals surface area contributed by atoms with Crippen molar-refractivity contribution in [3.05, 3.63) is 78.9 Å². The van der Waals surface area contributed by atoms with Crippen LogP contribution in [-0.4, -0.2) is 38.4 Å². The zero-order valence-corrected chi connectivity index (χ0v) is 18.9. The molecular formula is C18H20N2O10S2. The molecule has 0 aliphatic rings. The predicted octanol–water partition coefficient (Wildman–Crippen LogP) is 2.51. The second kappa shape index (κ2) is 9.68. The highest BCUT2D eigenvalue weighted by Gasteiger charge is 2.32. The van der Waals surface area contributed by atoms with E-state index in [0.717, 1.165) is 0 Å². The maximum Gasteiger partial charge on any atom is 0.296 e. The zero-order valence-electron chi connectivity index (χ0n) is 17.2. The van der Waals surface area contributed by atoms with Gasteiger partial charge in [-0.3, -0.25) is 24.4 Å². The number of aryl methyl sites for hydroxylation is 2. The first-order chi connectivity index (χ1) is 14.7. The number of non-ortho nitro benzene ring substituents is 1. The quantitative estimate of drug-likeness (QED) is 0.274. The van der Waals surface area contributed by atoms with Crippen LogP contribution >= 0.6 is 0 Å². The van der Waals surface area contributed by atoms with Crippen LogP contribution in [-0.2, 0) is 41.6 Å². The molecule has 0 spiro atoms. The highest BCUT2D eigenvalue weighted by atomic mass is 32.2. The third-order valence-electron chi connectivity index (χ3n) is 4.38. The molecule has 1 atom stereocenters. The van der Waals surface area contributed by atoms with Gasteiger partial charge in [0.1, 0.15) is 0 Å². The second-order valence-corrected chi connectivity index (χ2v) is 10.3. The van der Waals surface area contributed by atoms with Gasteiger partial charge in [-0.15, -0.1) is 0 Å². The summed E-state index contributed by atoms with van der Waals surface area (Å²) < 4.78 is 58.4. The Kier molecular flexibility index (Phi) is 7.66. The molecule has 0 saturated heterocycles. The molecular weight excluding hydrogens is 468 g/mol. The maximum atomic E-state index is 12.7. The van der Waals surface area contributed by atoms with Gasteiger partial charge in [-0.25, -0.2) is 4.18 Å². The van der Waals surface area contributed by atoms with E-state index >= 15 is 0 Å². The summed E-state index contributed by atoms with van der Waals surface area (Å²) in [5.41, 5.74) is -1.03. The summed E-state index contributed by atoms with van der Waals surface area (Å²) in [7, 11) is -8.81. The molecule has 0 aliphatic heterocycles. The molecule has 12 nitrogen and oxygen atoms in total. The SMILES string of the molecule is Cc1cc([N+](=O)[O-])ccc1COS(=O)(=O)C(Cc1ccc([N+](=O)[O-])c(C)c1)OS(C)(=O)=O. The van der Waals surface area contributed by atoms with Crippen molar-refractivity contribution in [3.8, 4) is 0 Å². The number of nitro benzene ring substituents is 2. The third-order valence-corrected chi connectivity index (χ3v) is 6.44. The van der Waals surface area contributed by atoms with Gasteiger partial charge >= 0.3 is 0 Å². The van der Waals surface area contributed by atoms with Crippen molar-refractivity contribution in [2.24, 2.45) is 0 Å². The fraction of sp³-hybridized carbons (Fsp3) is 0.333. The van der Waals surface area contributed by atoms with Gasteiger partial charge in [-0.1, -0.05) is 6.07 Å². The summed E-state index contributed by atoms with van der Waals surface area (Å²) in [5.74, 6) is 0. The number of hydrogen-bond donors (Lipinski definition) is 0. The molecule has 0 aromatic heterocycles. The van der Waals surface area contributed by atoms with Crippen molar-refractivity contribution < 1.29 is 35.0 Å². The van der Waals surface area contributed by atoms with E-state index in [4.69, 9.17) is 8.37 Å². The van der Waals surface area contributed by atoms with E-state index in [-0.39, 0.29) is 22.5 Å². The second-order valence-electron chi connectivity index (χ2n) is 6.93. The highest BCUT2D eigenvalue weighted by molar-refractivity contribution is 7.89. The molecule has 0 saturated carbocycles. The molecule has 14 heteroatoms. The molecule has 0 bridgehead atoms. The van der Waals surface area contributed by atoms with E-state index < -0.39 is 48.5 Å². The number of rotatable bonds is 10. The minimum absolute atomic E-state index is 0.179. The molecule has 0 amide bonds. The normalized spacial score (nSPS) is 13.0. The van der Waals surface area contributed by atoms with Gasteiger partial charge in [-0.2, -0.15) is 16.8 Å². The lowest BCUT2D eigenvalue weighted by Crippen LogP contribution is -2.31. The van der Waals surface area contributed by atoms with E-state index in [9.17, 15) is 37.1 Å². The summed E-state index contributed by atoms with van der Waals surface area (Å²) in [4.78, 5) is 20.6. The van der Waals surface area contributed by atoms with Crippen molar-refractivity contribution >= 4 is 31.6 Å². The third kappa shape index (κ3) is 6.78. The van der Waals surface area contributed by atoms with E-state index in [1.54, 1.807) is 0 Å². The van der Waals surface area contributed by atoms with Crippen LogP contribution in [0.25, 0.3) is 0 Å². The summed E-state index contributed by atoms with van der Waals surface area (Å²) in [6.45, 7) is 2.48. The Morgan fingerprint density at radius 1 is 0.938 bits per heavy atom. The summed E-state index contributed by atoms with van der Waals surface area (Å²) >= 11 is 0. The first-order valence-electron chi connectivity index (χ1n) is 8.94. The molecule has 1 unspecified atom stereocenters.